The average molecular weight is 203 g/mol. The highest BCUT2D eigenvalue weighted by Gasteiger charge is 2.17. The lowest BCUT2D eigenvalue weighted by atomic mass is 9.95. The van der Waals surface area contributed by atoms with Crippen molar-refractivity contribution in [2.75, 3.05) is 26.3 Å². The Kier molecular flexibility index (Phi) is 3.06. The Bertz CT molecular complexity index is 344. The zero-order valence-electron chi connectivity index (χ0n) is 8.90. The zero-order chi connectivity index (χ0) is 10.7. The van der Waals surface area contributed by atoms with Crippen LogP contribution in [0.5, 0.6) is 0 Å². The third kappa shape index (κ3) is 2.39. The van der Waals surface area contributed by atoms with Crippen molar-refractivity contribution in [1.82, 2.24) is 4.90 Å². The number of amides is 1. The average Bonchev–Trinajstić information content (AvgIpc) is 2.30. The molecule has 0 saturated carbocycles. The number of rotatable bonds is 1. The zero-order valence-corrected chi connectivity index (χ0v) is 8.90. The summed E-state index contributed by atoms with van der Waals surface area (Å²) >= 11 is 0. The summed E-state index contributed by atoms with van der Waals surface area (Å²) < 4.78 is 5.21. The van der Waals surface area contributed by atoms with E-state index in [1.165, 1.54) is 5.46 Å². The molecule has 0 aromatic heterocycles. The van der Waals surface area contributed by atoms with Crippen molar-refractivity contribution >= 4 is 19.2 Å². The van der Waals surface area contributed by atoms with Crippen molar-refractivity contribution in [2.45, 2.75) is 0 Å². The molecule has 0 radical (unpaired) electrons. The van der Waals surface area contributed by atoms with Crippen LogP contribution in [0.2, 0.25) is 0 Å². The fourth-order valence-corrected chi connectivity index (χ4v) is 1.65. The number of nitrogens with zero attached hydrogens (tertiary/aromatic N) is 1. The van der Waals surface area contributed by atoms with Gasteiger partial charge in [0, 0.05) is 18.7 Å². The monoisotopic (exact) mass is 203 g/mol. The van der Waals surface area contributed by atoms with Gasteiger partial charge in [0.1, 0.15) is 7.85 Å². The van der Waals surface area contributed by atoms with E-state index in [0.29, 0.717) is 26.3 Å². The lowest BCUT2D eigenvalue weighted by Gasteiger charge is -2.26. The van der Waals surface area contributed by atoms with Gasteiger partial charge in [-0.3, -0.25) is 4.79 Å². The van der Waals surface area contributed by atoms with Crippen molar-refractivity contribution < 1.29 is 9.53 Å². The molecule has 3 nitrogen and oxygen atoms in total. The quantitative estimate of drug-likeness (QED) is 0.571. The molecule has 1 heterocycles. The van der Waals surface area contributed by atoms with E-state index < -0.39 is 0 Å². The number of benzene rings is 1. The molecule has 2 rings (SSSR count). The summed E-state index contributed by atoms with van der Waals surface area (Å²) in [7, 11) is 2.02. The van der Waals surface area contributed by atoms with Crippen LogP contribution in [-0.2, 0) is 4.74 Å². The molecule has 1 aliphatic heterocycles. The van der Waals surface area contributed by atoms with Gasteiger partial charge in [-0.25, -0.2) is 0 Å². The highest BCUT2D eigenvalue weighted by atomic mass is 16.5. The van der Waals surface area contributed by atoms with Gasteiger partial charge in [-0.1, -0.05) is 29.7 Å². The highest BCUT2D eigenvalue weighted by Crippen LogP contribution is 2.05. The molecule has 0 unspecified atom stereocenters. The van der Waals surface area contributed by atoms with E-state index in [4.69, 9.17) is 4.74 Å². The van der Waals surface area contributed by atoms with Crippen LogP contribution in [-0.4, -0.2) is 45.0 Å². The predicted molar refractivity (Wildman–Crippen MR) is 61.3 cm³/mol. The summed E-state index contributed by atoms with van der Waals surface area (Å²) in [6, 6.07) is 7.70. The summed E-state index contributed by atoms with van der Waals surface area (Å²) in [6.45, 7) is 2.70. The maximum Gasteiger partial charge on any atom is 0.254 e. The van der Waals surface area contributed by atoms with Gasteiger partial charge in [-0.15, -0.1) is 0 Å². The van der Waals surface area contributed by atoms with Crippen LogP contribution in [0.15, 0.2) is 24.3 Å². The number of carbonyl (C=O) groups is 1. The van der Waals surface area contributed by atoms with Crippen molar-refractivity contribution in [3.05, 3.63) is 29.8 Å². The maximum atomic E-state index is 12.0. The Labute approximate surface area is 90.4 Å². The van der Waals surface area contributed by atoms with E-state index in [-0.39, 0.29) is 5.91 Å². The van der Waals surface area contributed by atoms with E-state index in [1.54, 1.807) is 0 Å². The second-order valence-electron chi connectivity index (χ2n) is 3.77. The van der Waals surface area contributed by atoms with E-state index >= 15 is 0 Å². The lowest BCUT2D eigenvalue weighted by molar-refractivity contribution is 0.0303. The summed E-state index contributed by atoms with van der Waals surface area (Å²) in [5, 5.41) is 0. The van der Waals surface area contributed by atoms with E-state index in [2.05, 4.69) is 0 Å². The molecule has 1 aromatic carbocycles. The first-order valence-electron chi connectivity index (χ1n) is 5.21. The van der Waals surface area contributed by atoms with Crippen LogP contribution in [0.3, 0.4) is 0 Å². The SMILES string of the molecule is Bc1ccc(C(=O)N2CCOCC2)cc1. The number of hydrogen-bond donors (Lipinski definition) is 0. The van der Waals surface area contributed by atoms with Gasteiger partial charge in [-0.2, -0.15) is 0 Å². The minimum atomic E-state index is 0.110. The Balaban J connectivity index is 2.09. The smallest absolute Gasteiger partial charge is 0.254 e. The van der Waals surface area contributed by atoms with Crippen molar-refractivity contribution in [3.8, 4) is 0 Å². The molecule has 0 N–H and O–H groups in total. The van der Waals surface area contributed by atoms with Gasteiger partial charge >= 0.3 is 0 Å². The number of ether oxygens (including phenoxy) is 1. The van der Waals surface area contributed by atoms with Crippen molar-refractivity contribution in [3.63, 3.8) is 0 Å². The van der Waals surface area contributed by atoms with Gasteiger partial charge in [0.15, 0.2) is 0 Å². The highest BCUT2D eigenvalue weighted by molar-refractivity contribution is 6.32. The standard InChI is InChI=1S/C11H14BNO2/c12-10-3-1-9(2-4-10)11(14)13-5-7-15-8-6-13/h1-4H,5-8,12H2. The van der Waals surface area contributed by atoms with Crippen molar-refractivity contribution in [1.29, 1.82) is 0 Å². The molecular formula is C11H14BNO2. The molecule has 1 amide bonds. The molecule has 1 aliphatic rings. The van der Waals surface area contributed by atoms with Crippen LogP contribution in [0.25, 0.3) is 0 Å². The summed E-state index contributed by atoms with van der Waals surface area (Å²) in [5.74, 6) is 0.110. The van der Waals surface area contributed by atoms with Gasteiger partial charge in [0.05, 0.1) is 13.2 Å². The van der Waals surface area contributed by atoms with Gasteiger partial charge in [0.2, 0.25) is 0 Å². The normalized spacial score (nSPS) is 16.4. The summed E-state index contributed by atoms with van der Waals surface area (Å²) in [5.41, 5.74) is 1.94. The Hall–Kier alpha value is -1.29. The molecule has 78 valence electrons. The topological polar surface area (TPSA) is 29.5 Å². The number of carbonyl (C=O) groups excluding carboxylic acids is 1. The second-order valence-corrected chi connectivity index (χ2v) is 3.77. The first kappa shape index (κ1) is 10.2. The van der Waals surface area contributed by atoms with E-state index in [1.807, 2.05) is 37.0 Å². The molecule has 4 heteroatoms. The predicted octanol–water partition coefficient (Wildman–Crippen LogP) is -0.583. The molecule has 1 fully saturated rings. The molecular weight excluding hydrogens is 189 g/mol. The third-order valence-electron chi connectivity index (χ3n) is 2.60. The maximum absolute atomic E-state index is 12.0. The van der Waals surface area contributed by atoms with E-state index in [0.717, 1.165) is 5.56 Å². The molecule has 15 heavy (non-hydrogen) atoms. The molecule has 0 atom stereocenters. The van der Waals surface area contributed by atoms with Crippen LogP contribution in [0.4, 0.5) is 0 Å². The fraction of sp³-hybridized carbons (Fsp3) is 0.364. The van der Waals surface area contributed by atoms with Gasteiger partial charge in [0.25, 0.3) is 5.91 Å². The molecule has 0 spiro atoms. The Morgan fingerprint density at radius 1 is 1.20 bits per heavy atom. The minimum absolute atomic E-state index is 0.110. The first-order chi connectivity index (χ1) is 7.27. The first-order valence-corrected chi connectivity index (χ1v) is 5.21. The van der Waals surface area contributed by atoms with Crippen LogP contribution >= 0.6 is 0 Å². The second kappa shape index (κ2) is 4.49. The molecule has 1 aromatic rings. The van der Waals surface area contributed by atoms with Crippen LogP contribution < -0.4 is 5.46 Å². The molecule has 0 aliphatic carbocycles. The van der Waals surface area contributed by atoms with Gasteiger partial charge < -0.3 is 9.64 Å². The Morgan fingerprint density at radius 3 is 2.40 bits per heavy atom. The minimum Gasteiger partial charge on any atom is -0.378 e. The Morgan fingerprint density at radius 2 is 1.80 bits per heavy atom. The van der Waals surface area contributed by atoms with E-state index in [9.17, 15) is 4.79 Å². The third-order valence-corrected chi connectivity index (χ3v) is 2.60. The van der Waals surface area contributed by atoms with Gasteiger partial charge in [-0.05, 0) is 0 Å². The van der Waals surface area contributed by atoms with Crippen molar-refractivity contribution in [2.24, 2.45) is 0 Å². The summed E-state index contributed by atoms with van der Waals surface area (Å²) in [6.07, 6.45) is 0. The lowest BCUT2D eigenvalue weighted by Crippen LogP contribution is -2.40. The number of hydrogen-bond acceptors (Lipinski definition) is 2. The largest absolute Gasteiger partial charge is 0.378 e. The van der Waals surface area contributed by atoms with Crippen LogP contribution in [0.1, 0.15) is 10.4 Å². The van der Waals surface area contributed by atoms with Crippen LogP contribution in [0, 0.1) is 0 Å². The molecule has 1 saturated heterocycles. The fourth-order valence-electron chi connectivity index (χ4n) is 1.65. The molecule has 0 bridgehead atoms. The number of morpholine rings is 1. The summed E-state index contributed by atoms with van der Waals surface area (Å²) in [4.78, 5) is 13.8.